The van der Waals surface area contributed by atoms with Gasteiger partial charge in [-0.15, -0.1) is 0 Å². The van der Waals surface area contributed by atoms with Gasteiger partial charge in [0, 0.05) is 12.6 Å². The minimum atomic E-state index is -4.05. The molecule has 0 radical (unpaired) electrons. The third-order valence-corrected chi connectivity index (χ3v) is 4.82. The Morgan fingerprint density at radius 3 is 2.50 bits per heavy atom. The lowest BCUT2D eigenvalue weighted by atomic mass is 10.1. The van der Waals surface area contributed by atoms with E-state index in [1.165, 1.54) is 6.07 Å². The zero-order chi connectivity index (χ0) is 20.7. The van der Waals surface area contributed by atoms with Crippen LogP contribution in [0.1, 0.15) is 5.56 Å². The number of thiocarbonyl (C=S) groups is 1. The molecule has 0 aromatic heterocycles. The van der Waals surface area contributed by atoms with Gasteiger partial charge in [0.1, 0.15) is 11.4 Å². The molecule has 0 heterocycles. The minimum absolute atomic E-state index is 0.0386. The normalized spacial score (nSPS) is 10.8. The summed E-state index contributed by atoms with van der Waals surface area (Å²) in [5.41, 5.74) is 5.87. The average Bonchev–Trinajstić information content (AvgIpc) is 2.66. The lowest BCUT2D eigenvalue weighted by Crippen LogP contribution is -2.39. The van der Waals surface area contributed by atoms with Gasteiger partial charge in [0.2, 0.25) is 10.0 Å². The van der Waals surface area contributed by atoms with Crippen LogP contribution in [0.25, 0.3) is 0 Å². The van der Waals surface area contributed by atoms with Crippen LogP contribution in [0.2, 0.25) is 0 Å². The Hall–Kier alpha value is -2.96. The van der Waals surface area contributed by atoms with E-state index in [0.717, 1.165) is 23.4 Å². The van der Waals surface area contributed by atoms with Gasteiger partial charge in [-0.2, -0.15) is 0 Å². The molecule has 0 saturated heterocycles. The molecular weight excluding hydrogens is 406 g/mol. The topological polar surface area (TPSA) is 149 Å². The molecule has 0 spiro atoms. The molecular formula is C16H19N5O5S2. The number of nitro groups is 1. The van der Waals surface area contributed by atoms with Crippen LogP contribution in [-0.4, -0.2) is 32.1 Å². The smallest absolute Gasteiger partial charge is 0.295 e. The first-order valence-corrected chi connectivity index (χ1v) is 9.90. The highest BCUT2D eigenvalue weighted by molar-refractivity contribution is 7.89. The third kappa shape index (κ3) is 6.04. The Labute approximate surface area is 167 Å². The molecule has 28 heavy (non-hydrogen) atoms. The van der Waals surface area contributed by atoms with E-state index in [1.807, 2.05) is 24.3 Å². The molecule has 0 aliphatic heterocycles. The minimum Gasteiger partial charge on any atom is -0.497 e. The predicted molar refractivity (Wildman–Crippen MR) is 109 cm³/mol. The maximum absolute atomic E-state index is 11.3. The van der Waals surface area contributed by atoms with E-state index in [1.54, 1.807) is 7.11 Å². The number of methoxy groups -OCH3 is 1. The molecule has 0 amide bonds. The van der Waals surface area contributed by atoms with E-state index in [2.05, 4.69) is 16.2 Å². The van der Waals surface area contributed by atoms with Gasteiger partial charge in [-0.3, -0.25) is 21.0 Å². The molecule has 0 saturated carbocycles. The first kappa shape index (κ1) is 21.3. The van der Waals surface area contributed by atoms with E-state index in [4.69, 9.17) is 22.1 Å². The molecule has 150 valence electrons. The van der Waals surface area contributed by atoms with Crippen molar-refractivity contribution in [1.29, 1.82) is 0 Å². The van der Waals surface area contributed by atoms with E-state index < -0.39 is 20.6 Å². The summed E-state index contributed by atoms with van der Waals surface area (Å²) in [5.74, 6) is 0.771. The zero-order valence-electron chi connectivity index (χ0n) is 14.8. The first-order valence-electron chi connectivity index (χ1n) is 7.94. The Balaban J connectivity index is 1.90. The number of nitrogens with two attached hydrogens (primary N) is 1. The van der Waals surface area contributed by atoms with Gasteiger partial charge in [0.15, 0.2) is 5.11 Å². The number of sulfonamides is 1. The van der Waals surface area contributed by atoms with Crippen molar-refractivity contribution in [2.75, 3.05) is 19.1 Å². The van der Waals surface area contributed by atoms with Crippen LogP contribution in [0.3, 0.4) is 0 Å². The number of ether oxygens (including phenoxy) is 1. The highest BCUT2D eigenvalue weighted by Gasteiger charge is 2.19. The van der Waals surface area contributed by atoms with Crippen molar-refractivity contribution in [3.05, 3.63) is 58.1 Å². The van der Waals surface area contributed by atoms with Gasteiger partial charge in [0.25, 0.3) is 5.69 Å². The van der Waals surface area contributed by atoms with Crippen LogP contribution in [0.5, 0.6) is 5.75 Å². The number of hydrogen-bond acceptors (Lipinski definition) is 7. The maximum Gasteiger partial charge on any atom is 0.295 e. The summed E-state index contributed by atoms with van der Waals surface area (Å²) in [6.45, 7) is 0.534. The van der Waals surface area contributed by atoms with Crippen LogP contribution in [0.15, 0.2) is 47.4 Å². The van der Waals surface area contributed by atoms with Gasteiger partial charge in [-0.05, 0) is 48.5 Å². The van der Waals surface area contributed by atoms with Crippen LogP contribution >= 0.6 is 12.2 Å². The summed E-state index contributed by atoms with van der Waals surface area (Å²) in [4.78, 5) is 10.1. The Morgan fingerprint density at radius 1 is 1.25 bits per heavy atom. The van der Waals surface area contributed by atoms with Crippen molar-refractivity contribution in [2.45, 2.75) is 11.3 Å². The largest absolute Gasteiger partial charge is 0.497 e. The summed E-state index contributed by atoms with van der Waals surface area (Å²) >= 11 is 5.11. The average molecular weight is 425 g/mol. The van der Waals surface area contributed by atoms with Gasteiger partial charge >= 0.3 is 0 Å². The number of anilines is 1. The number of primary sulfonamides is 1. The molecule has 0 aliphatic rings. The number of hydrazine groups is 1. The molecule has 5 N–H and O–H groups in total. The second-order valence-corrected chi connectivity index (χ2v) is 7.55. The van der Waals surface area contributed by atoms with Gasteiger partial charge in [0.05, 0.1) is 16.9 Å². The summed E-state index contributed by atoms with van der Waals surface area (Å²) < 4.78 is 27.8. The van der Waals surface area contributed by atoms with Gasteiger partial charge in [-0.1, -0.05) is 12.1 Å². The van der Waals surface area contributed by atoms with E-state index >= 15 is 0 Å². The van der Waals surface area contributed by atoms with E-state index in [-0.39, 0.29) is 15.7 Å². The van der Waals surface area contributed by atoms with Crippen molar-refractivity contribution in [1.82, 2.24) is 10.7 Å². The van der Waals surface area contributed by atoms with E-state index in [9.17, 15) is 18.5 Å². The lowest BCUT2D eigenvalue weighted by Gasteiger charge is -2.13. The predicted octanol–water partition coefficient (Wildman–Crippen LogP) is 1.28. The number of nitrogens with one attached hydrogen (secondary N) is 3. The van der Waals surface area contributed by atoms with Crippen molar-refractivity contribution >= 4 is 38.7 Å². The van der Waals surface area contributed by atoms with Crippen LogP contribution in [0, 0.1) is 10.1 Å². The number of hydrogen-bond donors (Lipinski definition) is 4. The summed E-state index contributed by atoms with van der Waals surface area (Å²) in [7, 11) is -2.45. The molecule has 0 unspecified atom stereocenters. The highest BCUT2D eigenvalue weighted by atomic mass is 32.2. The first-order chi connectivity index (χ1) is 13.2. The lowest BCUT2D eigenvalue weighted by molar-refractivity contribution is -0.384. The molecule has 10 nitrogen and oxygen atoms in total. The molecule has 2 aromatic carbocycles. The second-order valence-electron chi connectivity index (χ2n) is 5.59. The number of nitro benzene ring substituents is 1. The fourth-order valence-electron chi connectivity index (χ4n) is 2.23. The summed E-state index contributed by atoms with van der Waals surface area (Å²) in [5, 5.41) is 19.3. The third-order valence-electron chi connectivity index (χ3n) is 3.66. The standard InChI is InChI=1S/C16H19N5O5S2/c1-26-12-4-2-11(3-5-12)8-9-18-16(27)20-19-14-7-6-13(28(17,24)25)10-15(14)21(22)23/h2-7,10,19H,8-9H2,1H3,(H2,17,24,25)(H2,18,20,27). The molecule has 0 fully saturated rings. The molecule has 12 heteroatoms. The molecule has 0 bridgehead atoms. The monoisotopic (exact) mass is 425 g/mol. The van der Waals surface area contributed by atoms with Crippen LogP contribution < -0.4 is 26.0 Å². The van der Waals surface area contributed by atoms with Crippen molar-refractivity contribution < 1.29 is 18.1 Å². The summed E-state index contributed by atoms with van der Waals surface area (Å²) in [6.07, 6.45) is 0.703. The van der Waals surface area contributed by atoms with Crippen molar-refractivity contribution in [2.24, 2.45) is 5.14 Å². The number of benzene rings is 2. The molecule has 2 aromatic rings. The Kier molecular flexibility index (Phi) is 7.09. The number of nitrogens with zero attached hydrogens (tertiary/aromatic N) is 1. The number of rotatable bonds is 8. The Bertz CT molecular complexity index is 964. The van der Waals surface area contributed by atoms with Gasteiger partial charge < -0.3 is 10.1 Å². The van der Waals surface area contributed by atoms with Crippen molar-refractivity contribution in [3.8, 4) is 5.75 Å². The Morgan fingerprint density at radius 2 is 1.93 bits per heavy atom. The summed E-state index contributed by atoms with van der Waals surface area (Å²) in [6, 6.07) is 10.9. The fourth-order valence-corrected chi connectivity index (χ4v) is 2.91. The highest BCUT2D eigenvalue weighted by Crippen LogP contribution is 2.26. The molecule has 2 rings (SSSR count). The SMILES string of the molecule is COc1ccc(CCNC(=S)NNc2ccc(S(N)(=O)=O)cc2[N+](=O)[O-])cc1. The maximum atomic E-state index is 11.3. The van der Waals surface area contributed by atoms with Gasteiger partial charge in [-0.25, -0.2) is 13.6 Å². The van der Waals surface area contributed by atoms with Crippen molar-refractivity contribution in [3.63, 3.8) is 0 Å². The molecule has 0 aliphatic carbocycles. The second kappa shape index (κ2) is 9.30. The fraction of sp³-hybridized carbons (Fsp3) is 0.188. The zero-order valence-corrected chi connectivity index (χ0v) is 16.5. The van der Waals surface area contributed by atoms with Crippen LogP contribution in [-0.2, 0) is 16.4 Å². The quantitative estimate of drug-likeness (QED) is 0.279. The van der Waals surface area contributed by atoms with Crippen LogP contribution in [0.4, 0.5) is 11.4 Å². The molecule has 0 atom stereocenters. The van der Waals surface area contributed by atoms with E-state index in [0.29, 0.717) is 13.0 Å².